The summed E-state index contributed by atoms with van der Waals surface area (Å²) in [6.07, 6.45) is 1.39. The van der Waals surface area contributed by atoms with Gasteiger partial charge in [0.15, 0.2) is 6.61 Å². The number of benzene rings is 3. The summed E-state index contributed by atoms with van der Waals surface area (Å²) in [6.45, 7) is 1.79. The largest absolute Gasteiger partial charge is 0.484 e. The van der Waals surface area contributed by atoms with Crippen molar-refractivity contribution in [3.63, 3.8) is 0 Å². The number of rotatable bonds is 8. The van der Waals surface area contributed by atoms with Crippen LogP contribution in [0, 0.1) is 0 Å². The molecule has 0 bridgehead atoms. The number of hydrogen-bond donors (Lipinski definition) is 3. The molecule has 3 aromatic rings. The minimum atomic E-state index is -0.896. The van der Waals surface area contributed by atoms with Crippen LogP contribution in [0.2, 0.25) is 0 Å². The Labute approximate surface area is 205 Å². The molecule has 1 unspecified atom stereocenters. The van der Waals surface area contributed by atoms with Crippen molar-refractivity contribution in [2.45, 2.75) is 13.0 Å². The molecule has 0 aliphatic carbocycles. The number of ether oxygens (including phenoxy) is 1. The lowest BCUT2D eigenvalue weighted by molar-refractivity contribution is -0.136. The maximum absolute atomic E-state index is 12.1. The lowest BCUT2D eigenvalue weighted by Gasteiger charge is -2.14. The van der Waals surface area contributed by atoms with Gasteiger partial charge in [-0.05, 0) is 60.5 Å². The van der Waals surface area contributed by atoms with Crippen molar-refractivity contribution in [2.75, 3.05) is 11.9 Å². The zero-order chi connectivity index (χ0) is 24.3. The van der Waals surface area contributed by atoms with E-state index in [1.54, 1.807) is 48.5 Å². The second-order valence-corrected chi connectivity index (χ2v) is 8.14. The summed E-state index contributed by atoms with van der Waals surface area (Å²) in [5.74, 6) is -1.45. The Kier molecular flexibility index (Phi) is 8.93. The molecule has 9 heteroatoms. The molecule has 0 radical (unpaired) electrons. The van der Waals surface area contributed by atoms with Crippen molar-refractivity contribution in [1.82, 2.24) is 10.7 Å². The van der Waals surface area contributed by atoms with Crippen LogP contribution in [0.25, 0.3) is 0 Å². The van der Waals surface area contributed by atoms with Gasteiger partial charge >= 0.3 is 11.8 Å². The highest BCUT2D eigenvalue weighted by Gasteiger charge is 2.13. The first kappa shape index (κ1) is 24.7. The van der Waals surface area contributed by atoms with Crippen LogP contribution in [-0.4, -0.2) is 30.5 Å². The molecule has 3 N–H and O–H groups in total. The third kappa shape index (κ3) is 7.86. The second kappa shape index (κ2) is 12.3. The van der Waals surface area contributed by atoms with Gasteiger partial charge in [0.2, 0.25) is 0 Å². The number of hydrogen-bond acceptors (Lipinski definition) is 5. The van der Waals surface area contributed by atoms with Crippen LogP contribution < -0.4 is 20.8 Å². The molecular weight excluding hydrogens is 500 g/mol. The fourth-order valence-electron chi connectivity index (χ4n) is 2.88. The maximum Gasteiger partial charge on any atom is 0.329 e. The van der Waals surface area contributed by atoms with Crippen LogP contribution in [0.5, 0.6) is 5.75 Å². The molecule has 0 aliphatic heterocycles. The Morgan fingerprint density at radius 3 is 2.41 bits per heavy atom. The topological polar surface area (TPSA) is 109 Å². The first-order valence-corrected chi connectivity index (χ1v) is 11.2. The van der Waals surface area contributed by atoms with Crippen LogP contribution in [0.3, 0.4) is 0 Å². The van der Waals surface area contributed by atoms with Crippen molar-refractivity contribution in [1.29, 1.82) is 0 Å². The minimum Gasteiger partial charge on any atom is -0.484 e. The molecule has 0 aliphatic rings. The highest BCUT2D eigenvalue weighted by Crippen LogP contribution is 2.15. The molecule has 0 fully saturated rings. The van der Waals surface area contributed by atoms with Gasteiger partial charge < -0.3 is 15.4 Å². The van der Waals surface area contributed by atoms with Crippen LogP contribution in [0.4, 0.5) is 5.69 Å². The molecule has 0 saturated carbocycles. The lowest BCUT2D eigenvalue weighted by atomic mass is 10.1. The van der Waals surface area contributed by atoms with Gasteiger partial charge in [0, 0.05) is 10.2 Å². The van der Waals surface area contributed by atoms with E-state index >= 15 is 0 Å². The molecule has 34 heavy (non-hydrogen) atoms. The Morgan fingerprint density at radius 2 is 1.71 bits per heavy atom. The summed E-state index contributed by atoms with van der Waals surface area (Å²) in [4.78, 5) is 35.9. The van der Waals surface area contributed by atoms with Crippen molar-refractivity contribution < 1.29 is 19.1 Å². The van der Waals surface area contributed by atoms with E-state index in [0.717, 1.165) is 10.0 Å². The van der Waals surface area contributed by atoms with Gasteiger partial charge in [-0.25, -0.2) is 5.43 Å². The number of carbonyl (C=O) groups is 3. The van der Waals surface area contributed by atoms with Crippen LogP contribution in [0.15, 0.2) is 88.4 Å². The van der Waals surface area contributed by atoms with E-state index in [-0.39, 0.29) is 18.6 Å². The Balaban J connectivity index is 1.41. The fourth-order valence-corrected chi connectivity index (χ4v) is 3.28. The van der Waals surface area contributed by atoms with Crippen molar-refractivity contribution >= 4 is 45.6 Å². The van der Waals surface area contributed by atoms with Gasteiger partial charge in [-0.15, -0.1) is 0 Å². The van der Waals surface area contributed by atoms with Gasteiger partial charge in [-0.2, -0.15) is 5.10 Å². The average molecular weight is 523 g/mol. The molecule has 0 spiro atoms. The predicted octanol–water partition coefficient (Wildman–Crippen LogP) is 3.79. The van der Waals surface area contributed by atoms with E-state index in [2.05, 4.69) is 37.1 Å². The van der Waals surface area contributed by atoms with E-state index in [1.807, 2.05) is 37.3 Å². The predicted molar refractivity (Wildman–Crippen MR) is 133 cm³/mol. The second-order valence-electron chi connectivity index (χ2n) is 7.22. The molecular formula is C25H23BrN4O4. The Bertz CT molecular complexity index is 1170. The first-order chi connectivity index (χ1) is 16.4. The SMILES string of the molecule is CC(NC(=O)COc1ccc(/C=N/NC(=O)C(=O)Nc2cccc(Br)c2)cc1)c1ccccc1. The number of nitrogens with zero attached hydrogens (tertiary/aromatic N) is 1. The third-order valence-electron chi connectivity index (χ3n) is 4.60. The number of anilines is 1. The monoisotopic (exact) mass is 522 g/mol. The van der Waals surface area contributed by atoms with E-state index < -0.39 is 11.8 Å². The smallest absolute Gasteiger partial charge is 0.329 e. The summed E-state index contributed by atoms with van der Waals surface area (Å²) in [6, 6.07) is 23.2. The molecule has 1 atom stereocenters. The number of halogens is 1. The van der Waals surface area contributed by atoms with E-state index in [4.69, 9.17) is 4.74 Å². The molecule has 174 valence electrons. The van der Waals surface area contributed by atoms with Gasteiger partial charge in [0.1, 0.15) is 5.75 Å². The van der Waals surface area contributed by atoms with E-state index in [9.17, 15) is 14.4 Å². The zero-order valence-electron chi connectivity index (χ0n) is 18.3. The Hall–Kier alpha value is -3.98. The lowest BCUT2D eigenvalue weighted by Crippen LogP contribution is -2.32. The quantitative estimate of drug-likeness (QED) is 0.237. The van der Waals surface area contributed by atoms with E-state index in [0.29, 0.717) is 17.0 Å². The normalized spacial score (nSPS) is 11.5. The van der Waals surface area contributed by atoms with Gasteiger partial charge in [-0.3, -0.25) is 14.4 Å². The van der Waals surface area contributed by atoms with Crippen LogP contribution in [0.1, 0.15) is 24.1 Å². The number of nitrogens with one attached hydrogen (secondary N) is 3. The van der Waals surface area contributed by atoms with Gasteiger partial charge in [0.05, 0.1) is 12.3 Å². The van der Waals surface area contributed by atoms with Crippen molar-refractivity contribution in [2.24, 2.45) is 5.10 Å². The first-order valence-electron chi connectivity index (χ1n) is 10.4. The number of amides is 3. The third-order valence-corrected chi connectivity index (χ3v) is 5.09. The fraction of sp³-hybridized carbons (Fsp3) is 0.120. The molecule has 3 amide bonds. The molecule has 0 aromatic heterocycles. The zero-order valence-corrected chi connectivity index (χ0v) is 19.9. The summed E-state index contributed by atoms with van der Waals surface area (Å²) < 4.78 is 6.29. The maximum atomic E-state index is 12.1. The summed E-state index contributed by atoms with van der Waals surface area (Å²) in [5, 5.41) is 9.15. The molecule has 8 nitrogen and oxygen atoms in total. The summed E-state index contributed by atoms with van der Waals surface area (Å²) in [5.41, 5.74) is 4.34. The summed E-state index contributed by atoms with van der Waals surface area (Å²) in [7, 11) is 0. The molecule has 3 aromatic carbocycles. The molecule has 0 saturated heterocycles. The highest BCUT2D eigenvalue weighted by molar-refractivity contribution is 9.10. The van der Waals surface area contributed by atoms with Crippen LogP contribution in [-0.2, 0) is 14.4 Å². The van der Waals surface area contributed by atoms with Crippen LogP contribution >= 0.6 is 15.9 Å². The van der Waals surface area contributed by atoms with E-state index in [1.165, 1.54) is 6.21 Å². The summed E-state index contributed by atoms with van der Waals surface area (Å²) >= 11 is 3.29. The standard InChI is InChI=1S/C25H23BrN4O4/c1-17(19-6-3-2-4-7-19)28-23(31)16-34-22-12-10-18(11-13-22)15-27-30-25(33)24(32)29-21-9-5-8-20(26)14-21/h2-15,17H,16H2,1H3,(H,28,31)(H,29,32)(H,30,33)/b27-15+. The van der Waals surface area contributed by atoms with Gasteiger partial charge in [0.25, 0.3) is 5.91 Å². The minimum absolute atomic E-state index is 0.117. The van der Waals surface area contributed by atoms with Crippen molar-refractivity contribution in [3.8, 4) is 5.75 Å². The molecule has 0 heterocycles. The van der Waals surface area contributed by atoms with Gasteiger partial charge in [-0.1, -0.05) is 52.3 Å². The number of carbonyl (C=O) groups excluding carboxylic acids is 3. The molecule has 3 rings (SSSR count). The van der Waals surface area contributed by atoms with Crippen molar-refractivity contribution in [3.05, 3.63) is 94.5 Å². The average Bonchev–Trinajstić information content (AvgIpc) is 2.84. The highest BCUT2D eigenvalue weighted by atomic mass is 79.9. The Morgan fingerprint density at radius 1 is 0.971 bits per heavy atom. The number of hydrazone groups is 1.